The summed E-state index contributed by atoms with van der Waals surface area (Å²) in [5.41, 5.74) is 1.07. The van der Waals surface area contributed by atoms with Crippen LogP contribution in [-0.2, 0) is 0 Å². The smallest absolute Gasteiger partial charge is 0.322 e. The number of carbonyl (C=O) groups excluding carboxylic acids is 1. The second kappa shape index (κ2) is 7.49. The molecule has 0 spiro atoms. The molecule has 4 rings (SSSR count). The molecule has 0 radical (unpaired) electrons. The maximum atomic E-state index is 12.6. The van der Waals surface area contributed by atoms with E-state index in [1.807, 2.05) is 30.3 Å². The van der Waals surface area contributed by atoms with E-state index >= 15 is 0 Å². The molecule has 1 amide bonds. The highest BCUT2D eigenvalue weighted by atomic mass is 16.5. The molecule has 0 unspecified atom stereocenters. The van der Waals surface area contributed by atoms with Crippen LogP contribution >= 0.6 is 0 Å². The molecule has 2 aromatic carbocycles. The van der Waals surface area contributed by atoms with Crippen LogP contribution in [0.2, 0.25) is 0 Å². The number of hydrogen-bond acceptors (Lipinski definition) is 6. The summed E-state index contributed by atoms with van der Waals surface area (Å²) in [6.07, 6.45) is 3.24. The maximum absolute atomic E-state index is 12.6. The van der Waals surface area contributed by atoms with E-state index in [4.69, 9.17) is 9.15 Å². The lowest BCUT2D eigenvalue weighted by Gasteiger charge is -2.10. The number of pyridine rings is 1. The molecule has 2 heterocycles. The molecule has 4 aromatic rings. The van der Waals surface area contributed by atoms with E-state index in [0.29, 0.717) is 28.5 Å². The Balaban J connectivity index is 1.53. The molecule has 0 aliphatic carbocycles. The van der Waals surface area contributed by atoms with Crippen LogP contribution in [0.1, 0.15) is 10.4 Å². The van der Waals surface area contributed by atoms with Crippen molar-refractivity contribution in [2.45, 2.75) is 0 Å². The van der Waals surface area contributed by atoms with Crippen molar-refractivity contribution >= 4 is 11.9 Å². The van der Waals surface area contributed by atoms with Crippen molar-refractivity contribution in [3.05, 3.63) is 84.7 Å². The summed E-state index contributed by atoms with van der Waals surface area (Å²) < 4.78 is 11.3. The van der Waals surface area contributed by atoms with Crippen LogP contribution in [0.25, 0.3) is 11.5 Å². The Bertz CT molecular complexity index is 1050. The summed E-state index contributed by atoms with van der Waals surface area (Å²) in [6.45, 7) is 0. The highest BCUT2D eigenvalue weighted by molar-refractivity contribution is 6.05. The number of benzene rings is 2. The van der Waals surface area contributed by atoms with Crippen LogP contribution in [0, 0.1) is 0 Å². The fourth-order valence-corrected chi connectivity index (χ4v) is 2.41. The minimum Gasteiger partial charge on any atom is -0.457 e. The first kappa shape index (κ1) is 16.5. The van der Waals surface area contributed by atoms with Crippen LogP contribution in [0.4, 0.5) is 6.01 Å². The average Bonchev–Trinajstić information content (AvgIpc) is 3.18. The van der Waals surface area contributed by atoms with E-state index in [0.717, 1.165) is 0 Å². The van der Waals surface area contributed by atoms with Crippen molar-refractivity contribution < 1.29 is 13.9 Å². The van der Waals surface area contributed by atoms with Gasteiger partial charge in [-0.15, -0.1) is 5.10 Å². The third-order valence-electron chi connectivity index (χ3n) is 3.68. The van der Waals surface area contributed by atoms with Gasteiger partial charge in [-0.05, 0) is 36.4 Å². The molecule has 0 aliphatic heterocycles. The van der Waals surface area contributed by atoms with Crippen LogP contribution in [-0.4, -0.2) is 21.1 Å². The van der Waals surface area contributed by atoms with Gasteiger partial charge in [0.25, 0.3) is 5.91 Å². The Labute approximate surface area is 154 Å². The van der Waals surface area contributed by atoms with E-state index < -0.39 is 5.91 Å². The molecule has 7 nitrogen and oxygen atoms in total. The fraction of sp³-hybridized carbons (Fsp3) is 0. The van der Waals surface area contributed by atoms with Crippen molar-refractivity contribution in [2.24, 2.45) is 0 Å². The predicted molar refractivity (Wildman–Crippen MR) is 98.4 cm³/mol. The molecule has 7 heteroatoms. The van der Waals surface area contributed by atoms with Gasteiger partial charge in [-0.25, -0.2) is 0 Å². The monoisotopic (exact) mass is 358 g/mol. The molecular formula is C20H14N4O3. The van der Waals surface area contributed by atoms with Gasteiger partial charge in [0.15, 0.2) is 0 Å². The summed E-state index contributed by atoms with van der Waals surface area (Å²) in [5, 5.41) is 10.4. The van der Waals surface area contributed by atoms with Gasteiger partial charge in [0.05, 0.1) is 5.56 Å². The lowest BCUT2D eigenvalue weighted by atomic mass is 10.2. The quantitative estimate of drug-likeness (QED) is 0.576. The molecule has 2 aromatic heterocycles. The second-order valence-corrected chi connectivity index (χ2v) is 5.51. The third kappa shape index (κ3) is 3.82. The summed E-state index contributed by atoms with van der Waals surface area (Å²) in [5.74, 6) is 0.943. The van der Waals surface area contributed by atoms with Crippen LogP contribution in [0.5, 0.6) is 11.5 Å². The number of nitrogens with one attached hydrogen (secondary N) is 1. The standard InChI is InChI=1S/C20H14N4O3/c25-18(22-20-24-23-19(27-20)14-10-12-21-13-11-14)16-8-4-5-9-17(16)26-15-6-2-1-3-7-15/h1-13H,(H,22,24,25). The first-order valence-corrected chi connectivity index (χ1v) is 8.17. The van der Waals surface area contributed by atoms with E-state index in [1.165, 1.54) is 0 Å². The molecule has 0 atom stereocenters. The SMILES string of the molecule is O=C(Nc1nnc(-c2ccncc2)o1)c1ccccc1Oc1ccccc1. The Kier molecular flexibility index (Phi) is 4.57. The average molecular weight is 358 g/mol. The molecule has 0 fully saturated rings. The van der Waals surface area contributed by atoms with Gasteiger partial charge < -0.3 is 9.15 Å². The maximum Gasteiger partial charge on any atom is 0.322 e. The van der Waals surface area contributed by atoms with Gasteiger partial charge in [-0.3, -0.25) is 15.1 Å². The summed E-state index contributed by atoms with van der Waals surface area (Å²) in [6, 6.07) is 19.6. The van der Waals surface area contributed by atoms with Crippen molar-refractivity contribution in [2.75, 3.05) is 5.32 Å². The molecule has 0 aliphatic rings. The first-order valence-electron chi connectivity index (χ1n) is 8.17. The number of rotatable bonds is 5. The zero-order valence-electron chi connectivity index (χ0n) is 14.1. The van der Waals surface area contributed by atoms with E-state index in [9.17, 15) is 4.79 Å². The van der Waals surface area contributed by atoms with Crippen LogP contribution < -0.4 is 10.1 Å². The topological polar surface area (TPSA) is 90.1 Å². The Morgan fingerprint density at radius 1 is 0.889 bits per heavy atom. The highest BCUT2D eigenvalue weighted by Crippen LogP contribution is 2.26. The number of nitrogens with zero attached hydrogens (tertiary/aromatic N) is 3. The molecule has 132 valence electrons. The number of carbonyl (C=O) groups is 1. The molecule has 0 saturated heterocycles. The number of amides is 1. The van der Waals surface area contributed by atoms with E-state index in [1.54, 1.807) is 48.8 Å². The Hall–Kier alpha value is -4.00. The zero-order valence-corrected chi connectivity index (χ0v) is 14.1. The molecular weight excluding hydrogens is 344 g/mol. The largest absolute Gasteiger partial charge is 0.457 e. The van der Waals surface area contributed by atoms with Crippen molar-refractivity contribution in [1.29, 1.82) is 0 Å². The van der Waals surface area contributed by atoms with Gasteiger partial charge in [-0.2, -0.15) is 0 Å². The summed E-state index contributed by atoms with van der Waals surface area (Å²) in [7, 11) is 0. The second-order valence-electron chi connectivity index (χ2n) is 5.51. The Morgan fingerprint density at radius 2 is 1.63 bits per heavy atom. The highest BCUT2D eigenvalue weighted by Gasteiger charge is 2.16. The van der Waals surface area contributed by atoms with E-state index in [-0.39, 0.29) is 6.01 Å². The first-order chi connectivity index (χ1) is 13.3. The number of hydrogen-bond donors (Lipinski definition) is 1. The number of para-hydroxylation sites is 2. The molecule has 0 bridgehead atoms. The summed E-state index contributed by atoms with van der Waals surface area (Å²) >= 11 is 0. The lowest BCUT2D eigenvalue weighted by molar-refractivity contribution is 0.102. The van der Waals surface area contributed by atoms with Gasteiger partial charge in [0.1, 0.15) is 11.5 Å². The predicted octanol–water partition coefficient (Wildman–Crippen LogP) is 4.18. The Morgan fingerprint density at radius 3 is 2.44 bits per heavy atom. The zero-order chi connectivity index (χ0) is 18.5. The van der Waals surface area contributed by atoms with Crippen LogP contribution in [0.15, 0.2) is 83.5 Å². The number of ether oxygens (including phenoxy) is 1. The fourth-order valence-electron chi connectivity index (χ4n) is 2.41. The number of aromatic nitrogens is 3. The molecule has 1 N–H and O–H groups in total. The normalized spacial score (nSPS) is 10.4. The van der Waals surface area contributed by atoms with Gasteiger partial charge >= 0.3 is 6.01 Å². The third-order valence-corrected chi connectivity index (χ3v) is 3.68. The lowest BCUT2D eigenvalue weighted by Crippen LogP contribution is -2.13. The molecule has 27 heavy (non-hydrogen) atoms. The van der Waals surface area contributed by atoms with Crippen molar-refractivity contribution in [3.63, 3.8) is 0 Å². The van der Waals surface area contributed by atoms with Crippen molar-refractivity contribution in [3.8, 4) is 23.0 Å². The summed E-state index contributed by atoms with van der Waals surface area (Å²) in [4.78, 5) is 16.6. The minimum absolute atomic E-state index is 0.00123. The van der Waals surface area contributed by atoms with E-state index in [2.05, 4.69) is 20.5 Å². The van der Waals surface area contributed by atoms with Crippen LogP contribution in [0.3, 0.4) is 0 Å². The van der Waals surface area contributed by atoms with Gasteiger partial charge in [0.2, 0.25) is 5.89 Å². The van der Waals surface area contributed by atoms with Gasteiger partial charge in [-0.1, -0.05) is 35.4 Å². The van der Waals surface area contributed by atoms with Crippen molar-refractivity contribution in [1.82, 2.24) is 15.2 Å². The number of anilines is 1. The minimum atomic E-state index is -0.411. The van der Waals surface area contributed by atoms with Gasteiger partial charge in [0, 0.05) is 18.0 Å². The molecule has 0 saturated carbocycles.